The number of nitrogens with one attached hydrogen (secondary N) is 2. The average molecular weight is 349 g/mol. The highest BCUT2D eigenvalue weighted by Crippen LogP contribution is 2.23. The Balaban J connectivity index is 2.11. The van der Waals surface area contributed by atoms with Crippen molar-refractivity contribution in [1.82, 2.24) is 15.7 Å². The Morgan fingerprint density at radius 3 is 2.95 bits per heavy atom. The van der Waals surface area contributed by atoms with Crippen LogP contribution in [0.15, 0.2) is 52.1 Å². The lowest BCUT2D eigenvalue weighted by Gasteiger charge is -2.06. The molecule has 0 amide bonds. The molecule has 0 saturated carbocycles. The van der Waals surface area contributed by atoms with Gasteiger partial charge < -0.3 is 0 Å². The SMILES string of the molecule is ONC(=Nc1ccc(F)c(Br)c1)c1cccc2cn[nH]c12. The molecule has 0 aliphatic carbocycles. The van der Waals surface area contributed by atoms with Crippen LogP contribution in [0.1, 0.15) is 5.56 Å². The third kappa shape index (κ3) is 2.65. The standard InChI is InChI=1S/C14H10BrFN4O/c15-11-6-9(4-5-12(11)16)18-14(20-21)10-3-1-2-8-7-17-19-13(8)10/h1-7,21H,(H,17,19)(H,18,20). The van der Waals surface area contributed by atoms with Gasteiger partial charge in [-0.1, -0.05) is 12.1 Å². The summed E-state index contributed by atoms with van der Waals surface area (Å²) in [5.41, 5.74) is 3.98. The predicted molar refractivity (Wildman–Crippen MR) is 81.3 cm³/mol. The number of aromatic nitrogens is 2. The van der Waals surface area contributed by atoms with Crippen molar-refractivity contribution in [3.05, 3.63) is 58.4 Å². The summed E-state index contributed by atoms with van der Waals surface area (Å²) in [5, 5.41) is 17.1. The molecule has 3 aromatic rings. The summed E-state index contributed by atoms with van der Waals surface area (Å²) >= 11 is 3.10. The van der Waals surface area contributed by atoms with Crippen molar-refractivity contribution < 1.29 is 9.60 Å². The number of nitrogens with zero attached hydrogens (tertiary/aromatic N) is 2. The summed E-state index contributed by atoms with van der Waals surface area (Å²) in [6.45, 7) is 0. The molecule has 0 fully saturated rings. The zero-order chi connectivity index (χ0) is 14.8. The molecule has 2 aromatic carbocycles. The van der Waals surface area contributed by atoms with Crippen molar-refractivity contribution in [3.8, 4) is 0 Å². The van der Waals surface area contributed by atoms with E-state index in [1.165, 1.54) is 18.2 Å². The molecule has 5 nitrogen and oxygen atoms in total. The largest absolute Gasteiger partial charge is 0.290 e. The molecule has 0 atom stereocenters. The number of hydroxylamine groups is 1. The number of benzene rings is 2. The normalized spacial score (nSPS) is 11.9. The molecule has 7 heteroatoms. The summed E-state index contributed by atoms with van der Waals surface area (Å²) in [4.78, 5) is 4.29. The fourth-order valence-corrected chi connectivity index (χ4v) is 2.36. The van der Waals surface area contributed by atoms with Crippen molar-refractivity contribution in [2.45, 2.75) is 0 Å². The van der Waals surface area contributed by atoms with E-state index < -0.39 is 0 Å². The molecule has 0 spiro atoms. The molecule has 1 heterocycles. The van der Waals surface area contributed by atoms with Gasteiger partial charge in [-0.3, -0.25) is 15.8 Å². The number of hydrogen-bond donors (Lipinski definition) is 3. The maximum atomic E-state index is 13.2. The van der Waals surface area contributed by atoms with Crippen molar-refractivity contribution in [2.24, 2.45) is 4.99 Å². The Morgan fingerprint density at radius 1 is 1.33 bits per heavy atom. The van der Waals surface area contributed by atoms with Gasteiger partial charge in [-0.25, -0.2) is 9.38 Å². The van der Waals surface area contributed by atoms with Crippen LogP contribution in [0.5, 0.6) is 0 Å². The number of aliphatic imine (C=N–C) groups is 1. The van der Waals surface area contributed by atoms with Gasteiger partial charge >= 0.3 is 0 Å². The number of para-hydroxylation sites is 1. The first-order valence-electron chi connectivity index (χ1n) is 6.05. The van der Waals surface area contributed by atoms with Gasteiger partial charge in [-0.05, 0) is 40.2 Å². The maximum absolute atomic E-state index is 13.2. The van der Waals surface area contributed by atoms with Crippen LogP contribution in [0.3, 0.4) is 0 Å². The Hall–Kier alpha value is -2.25. The minimum Gasteiger partial charge on any atom is -0.290 e. The molecule has 3 rings (SSSR count). The van der Waals surface area contributed by atoms with Gasteiger partial charge in [0.2, 0.25) is 0 Å². The Morgan fingerprint density at radius 2 is 2.19 bits per heavy atom. The topological polar surface area (TPSA) is 73.3 Å². The molecule has 21 heavy (non-hydrogen) atoms. The Kier molecular flexibility index (Phi) is 3.68. The number of amidine groups is 1. The second kappa shape index (κ2) is 5.63. The van der Waals surface area contributed by atoms with E-state index in [4.69, 9.17) is 0 Å². The van der Waals surface area contributed by atoms with Gasteiger partial charge in [0.1, 0.15) is 5.82 Å². The average Bonchev–Trinajstić information content (AvgIpc) is 2.97. The molecular formula is C14H10BrFN4O. The zero-order valence-electron chi connectivity index (χ0n) is 10.6. The first-order chi connectivity index (χ1) is 10.2. The fraction of sp³-hybridized carbons (Fsp3) is 0. The molecule has 106 valence electrons. The van der Waals surface area contributed by atoms with E-state index in [0.717, 1.165) is 10.9 Å². The van der Waals surface area contributed by atoms with E-state index in [1.807, 2.05) is 12.1 Å². The van der Waals surface area contributed by atoms with E-state index in [2.05, 4.69) is 36.6 Å². The Bertz CT molecular complexity index is 831. The van der Waals surface area contributed by atoms with Crippen LogP contribution in [-0.4, -0.2) is 21.2 Å². The number of rotatable bonds is 2. The lowest BCUT2D eigenvalue weighted by atomic mass is 10.1. The van der Waals surface area contributed by atoms with Crippen LogP contribution in [0.2, 0.25) is 0 Å². The van der Waals surface area contributed by atoms with Crippen molar-refractivity contribution >= 4 is 38.4 Å². The molecule has 1 aromatic heterocycles. The van der Waals surface area contributed by atoms with E-state index in [9.17, 15) is 9.60 Å². The monoisotopic (exact) mass is 348 g/mol. The zero-order valence-corrected chi connectivity index (χ0v) is 12.2. The number of aromatic amines is 1. The maximum Gasteiger partial charge on any atom is 0.159 e. The molecule has 0 bridgehead atoms. The summed E-state index contributed by atoms with van der Waals surface area (Å²) < 4.78 is 13.5. The summed E-state index contributed by atoms with van der Waals surface area (Å²) in [6, 6.07) is 9.87. The highest BCUT2D eigenvalue weighted by atomic mass is 79.9. The van der Waals surface area contributed by atoms with Gasteiger partial charge in [-0.15, -0.1) is 0 Å². The third-order valence-electron chi connectivity index (χ3n) is 2.98. The molecule has 0 radical (unpaired) electrons. The highest BCUT2D eigenvalue weighted by Gasteiger charge is 2.09. The number of fused-ring (bicyclic) bond motifs is 1. The van der Waals surface area contributed by atoms with Gasteiger partial charge in [0.15, 0.2) is 5.84 Å². The van der Waals surface area contributed by atoms with Gasteiger partial charge in [0.05, 0.1) is 21.9 Å². The van der Waals surface area contributed by atoms with E-state index >= 15 is 0 Å². The lowest BCUT2D eigenvalue weighted by Crippen LogP contribution is -2.20. The van der Waals surface area contributed by atoms with Crippen LogP contribution in [0.4, 0.5) is 10.1 Å². The van der Waals surface area contributed by atoms with Crippen molar-refractivity contribution in [2.75, 3.05) is 0 Å². The van der Waals surface area contributed by atoms with Crippen molar-refractivity contribution in [3.63, 3.8) is 0 Å². The Labute approximate surface area is 127 Å². The van der Waals surface area contributed by atoms with E-state index in [1.54, 1.807) is 12.3 Å². The molecule has 0 aliphatic heterocycles. The summed E-state index contributed by atoms with van der Waals surface area (Å²) in [7, 11) is 0. The predicted octanol–water partition coefficient (Wildman–Crippen LogP) is 3.52. The van der Waals surface area contributed by atoms with E-state index in [-0.39, 0.29) is 11.7 Å². The van der Waals surface area contributed by atoms with Crippen LogP contribution in [0.25, 0.3) is 10.9 Å². The number of H-pyrrole nitrogens is 1. The minimum absolute atomic E-state index is 0.239. The summed E-state index contributed by atoms with van der Waals surface area (Å²) in [6.07, 6.45) is 1.68. The van der Waals surface area contributed by atoms with Crippen molar-refractivity contribution in [1.29, 1.82) is 0 Å². The quantitative estimate of drug-likeness (QED) is 0.377. The fourth-order valence-electron chi connectivity index (χ4n) is 2.00. The lowest BCUT2D eigenvalue weighted by molar-refractivity contribution is 0.235. The van der Waals surface area contributed by atoms with E-state index in [0.29, 0.717) is 15.7 Å². The van der Waals surface area contributed by atoms with Crippen LogP contribution in [-0.2, 0) is 0 Å². The first kappa shape index (κ1) is 13.7. The van der Waals surface area contributed by atoms with Gasteiger partial charge in [-0.2, -0.15) is 5.10 Å². The first-order valence-corrected chi connectivity index (χ1v) is 6.84. The molecular weight excluding hydrogens is 339 g/mol. The minimum atomic E-state index is -0.372. The molecule has 0 saturated heterocycles. The second-order valence-electron chi connectivity index (χ2n) is 4.31. The highest BCUT2D eigenvalue weighted by molar-refractivity contribution is 9.10. The molecule has 3 N–H and O–H groups in total. The van der Waals surface area contributed by atoms with Crippen LogP contribution >= 0.6 is 15.9 Å². The third-order valence-corrected chi connectivity index (χ3v) is 3.59. The van der Waals surface area contributed by atoms with Gasteiger partial charge in [0, 0.05) is 10.9 Å². The number of hydrogen-bond acceptors (Lipinski definition) is 3. The van der Waals surface area contributed by atoms with Crippen LogP contribution in [0, 0.1) is 5.82 Å². The van der Waals surface area contributed by atoms with Crippen LogP contribution < -0.4 is 5.48 Å². The summed E-state index contributed by atoms with van der Waals surface area (Å²) in [5.74, 6) is -0.133. The molecule has 0 unspecified atom stereocenters. The van der Waals surface area contributed by atoms with Gasteiger partial charge in [0.25, 0.3) is 0 Å². The second-order valence-corrected chi connectivity index (χ2v) is 5.16. The number of halogens is 2. The smallest absolute Gasteiger partial charge is 0.159 e. The molecule has 0 aliphatic rings.